The lowest BCUT2D eigenvalue weighted by atomic mass is 10.2. The number of pyridine rings is 1. The molecule has 0 saturated carbocycles. The van der Waals surface area contributed by atoms with Gasteiger partial charge in [-0.2, -0.15) is 0 Å². The van der Waals surface area contributed by atoms with E-state index in [0.717, 1.165) is 12.2 Å². The number of hydrogen-bond acceptors (Lipinski definition) is 3. The molecule has 2 rings (SSSR count). The molecule has 2 heterocycles. The fraction of sp³-hybridized carbons (Fsp3) is 0.500. The van der Waals surface area contributed by atoms with Crippen LogP contribution in [-0.4, -0.2) is 36.7 Å². The van der Waals surface area contributed by atoms with Gasteiger partial charge in [-0.25, -0.2) is 0 Å². The zero-order valence-electron chi connectivity index (χ0n) is 8.20. The Balaban J connectivity index is 2.24. The van der Waals surface area contributed by atoms with Crippen molar-refractivity contribution in [3.05, 3.63) is 23.5 Å². The topological polar surface area (TPSA) is 25.4 Å². The maximum Gasteiger partial charge on any atom is 0.0822 e. The van der Waals surface area contributed by atoms with E-state index in [1.165, 1.54) is 0 Å². The predicted octanol–water partition coefficient (Wildman–Crippen LogP) is 2.18. The number of alkyl halides is 1. The van der Waals surface area contributed by atoms with Gasteiger partial charge in [-0.1, -0.05) is 11.6 Å². The first-order valence-corrected chi connectivity index (χ1v) is 5.74. The molecule has 1 aromatic heterocycles. The molecule has 82 valence electrons. The number of nitrogens with zero attached hydrogens (tertiary/aromatic N) is 2. The third kappa shape index (κ3) is 2.36. The molecule has 1 aliphatic rings. The molecule has 0 spiro atoms. The first-order chi connectivity index (χ1) is 7.33. The molecule has 0 radical (unpaired) electrons. The summed E-state index contributed by atoms with van der Waals surface area (Å²) in [5.41, 5.74) is 0.987. The normalized spacial score (nSPS) is 21.7. The van der Waals surface area contributed by atoms with Gasteiger partial charge < -0.3 is 9.64 Å². The standard InChI is InChI=1S/C10H12Cl2N2O/c11-5-8-7-15-4-3-14(8)10-1-2-13-6-9(10)12/h1-2,6,8H,3-5,7H2. The Morgan fingerprint density at radius 1 is 1.60 bits per heavy atom. The number of halogens is 2. The summed E-state index contributed by atoms with van der Waals surface area (Å²) in [6, 6.07) is 2.10. The molecule has 15 heavy (non-hydrogen) atoms. The van der Waals surface area contributed by atoms with E-state index in [1.807, 2.05) is 6.07 Å². The van der Waals surface area contributed by atoms with Gasteiger partial charge in [0.25, 0.3) is 0 Å². The number of hydrogen-bond donors (Lipinski definition) is 0. The highest BCUT2D eigenvalue weighted by Crippen LogP contribution is 2.27. The van der Waals surface area contributed by atoms with Crippen LogP contribution in [0.25, 0.3) is 0 Å². The monoisotopic (exact) mass is 246 g/mol. The number of morpholine rings is 1. The van der Waals surface area contributed by atoms with Crippen LogP contribution in [0.5, 0.6) is 0 Å². The molecular formula is C10H12Cl2N2O. The minimum absolute atomic E-state index is 0.195. The third-order valence-electron chi connectivity index (χ3n) is 2.47. The molecule has 5 heteroatoms. The second-order valence-electron chi connectivity index (χ2n) is 3.40. The van der Waals surface area contributed by atoms with Crippen molar-refractivity contribution in [2.45, 2.75) is 6.04 Å². The summed E-state index contributed by atoms with van der Waals surface area (Å²) in [6.07, 6.45) is 3.39. The fourth-order valence-electron chi connectivity index (χ4n) is 1.70. The van der Waals surface area contributed by atoms with Crippen molar-refractivity contribution in [2.24, 2.45) is 0 Å². The largest absolute Gasteiger partial charge is 0.377 e. The lowest BCUT2D eigenvalue weighted by molar-refractivity contribution is 0.0998. The lowest BCUT2D eigenvalue weighted by Gasteiger charge is -2.36. The second kappa shape index (κ2) is 5.01. The van der Waals surface area contributed by atoms with Crippen molar-refractivity contribution in [3.63, 3.8) is 0 Å². The summed E-state index contributed by atoms with van der Waals surface area (Å²) in [7, 11) is 0. The number of aromatic nitrogens is 1. The molecule has 3 nitrogen and oxygen atoms in total. The van der Waals surface area contributed by atoms with E-state index in [0.29, 0.717) is 24.1 Å². The molecule has 1 aliphatic heterocycles. The molecular weight excluding hydrogens is 235 g/mol. The van der Waals surface area contributed by atoms with Crippen LogP contribution in [0, 0.1) is 0 Å². The first kappa shape index (κ1) is 11.0. The maximum absolute atomic E-state index is 6.09. The highest BCUT2D eigenvalue weighted by molar-refractivity contribution is 6.33. The Labute approximate surface area is 98.9 Å². The van der Waals surface area contributed by atoms with E-state index in [-0.39, 0.29) is 6.04 Å². The van der Waals surface area contributed by atoms with Crippen molar-refractivity contribution in [2.75, 3.05) is 30.5 Å². The molecule has 1 fully saturated rings. The van der Waals surface area contributed by atoms with E-state index < -0.39 is 0 Å². The van der Waals surface area contributed by atoms with Crippen molar-refractivity contribution >= 4 is 28.9 Å². The maximum atomic E-state index is 6.09. The summed E-state index contributed by atoms with van der Waals surface area (Å²) >= 11 is 12.0. The van der Waals surface area contributed by atoms with Crippen molar-refractivity contribution < 1.29 is 4.74 Å². The van der Waals surface area contributed by atoms with Crippen molar-refractivity contribution in [3.8, 4) is 0 Å². The van der Waals surface area contributed by atoms with E-state index >= 15 is 0 Å². The number of anilines is 1. The molecule has 1 unspecified atom stereocenters. The van der Waals surface area contributed by atoms with Crippen LogP contribution >= 0.6 is 23.2 Å². The van der Waals surface area contributed by atoms with Gasteiger partial charge in [0.2, 0.25) is 0 Å². The highest BCUT2D eigenvalue weighted by Gasteiger charge is 2.23. The Kier molecular flexibility index (Phi) is 3.67. The molecule has 0 N–H and O–H groups in total. The molecule has 0 aliphatic carbocycles. The van der Waals surface area contributed by atoms with Crippen LogP contribution in [0.4, 0.5) is 5.69 Å². The Morgan fingerprint density at radius 2 is 2.47 bits per heavy atom. The van der Waals surface area contributed by atoms with Gasteiger partial charge >= 0.3 is 0 Å². The Bertz CT molecular complexity index is 335. The van der Waals surface area contributed by atoms with Crippen molar-refractivity contribution in [1.82, 2.24) is 4.98 Å². The van der Waals surface area contributed by atoms with E-state index in [4.69, 9.17) is 27.9 Å². The van der Waals surface area contributed by atoms with Crippen LogP contribution in [0.2, 0.25) is 5.02 Å². The predicted molar refractivity (Wildman–Crippen MR) is 61.9 cm³/mol. The summed E-state index contributed by atoms with van der Waals surface area (Å²) in [4.78, 5) is 6.15. The first-order valence-electron chi connectivity index (χ1n) is 4.83. The molecule has 1 saturated heterocycles. The van der Waals surface area contributed by atoms with Crippen LogP contribution in [0.15, 0.2) is 18.5 Å². The average Bonchev–Trinajstić information content (AvgIpc) is 2.30. The quantitative estimate of drug-likeness (QED) is 0.749. The highest BCUT2D eigenvalue weighted by atomic mass is 35.5. The smallest absolute Gasteiger partial charge is 0.0822 e. The number of ether oxygens (including phenoxy) is 1. The van der Waals surface area contributed by atoms with Crippen LogP contribution in [-0.2, 0) is 4.74 Å². The zero-order valence-corrected chi connectivity index (χ0v) is 9.71. The van der Waals surface area contributed by atoms with E-state index in [9.17, 15) is 0 Å². The fourth-order valence-corrected chi connectivity index (χ4v) is 2.18. The molecule has 1 aromatic rings. The molecule has 1 atom stereocenters. The third-order valence-corrected chi connectivity index (χ3v) is 3.11. The molecule has 0 amide bonds. The number of rotatable bonds is 2. The molecule has 0 bridgehead atoms. The van der Waals surface area contributed by atoms with Gasteiger partial charge in [-0.05, 0) is 6.07 Å². The van der Waals surface area contributed by atoms with Crippen LogP contribution in [0.3, 0.4) is 0 Å². The second-order valence-corrected chi connectivity index (χ2v) is 4.12. The van der Waals surface area contributed by atoms with Gasteiger partial charge in [-0.3, -0.25) is 4.98 Å². The van der Waals surface area contributed by atoms with Gasteiger partial charge in [0.1, 0.15) is 0 Å². The Hall–Kier alpha value is -0.510. The van der Waals surface area contributed by atoms with Crippen molar-refractivity contribution in [1.29, 1.82) is 0 Å². The summed E-state index contributed by atoms with van der Waals surface area (Å²) < 4.78 is 5.38. The minimum Gasteiger partial charge on any atom is -0.377 e. The summed E-state index contributed by atoms with van der Waals surface area (Å²) in [5, 5.41) is 0.662. The van der Waals surface area contributed by atoms with E-state index in [1.54, 1.807) is 12.4 Å². The molecule has 0 aromatic carbocycles. The Morgan fingerprint density at radius 3 is 3.20 bits per heavy atom. The SMILES string of the molecule is ClCC1COCCN1c1ccncc1Cl. The van der Waals surface area contributed by atoms with Gasteiger partial charge in [-0.15, -0.1) is 11.6 Å². The lowest BCUT2D eigenvalue weighted by Crippen LogP contribution is -2.46. The average molecular weight is 247 g/mol. The van der Waals surface area contributed by atoms with Crippen LogP contribution in [0.1, 0.15) is 0 Å². The minimum atomic E-state index is 0.195. The zero-order chi connectivity index (χ0) is 10.7. The van der Waals surface area contributed by atoms with E-state index in [2.05, 4.69) is 9.88 Å². The summed E-state index contributed by atoms with van der Waals surface area (Å²) in [6.45, 7) is 2.19. The van der Waals surface area contributed by atoms with Gasteiger partial charge in [0, 0.05) is 24.8 Å². The van der Waals surface area contributed by atoms with Gasteiger partial charge in [0.05, 0.1) is 30.0 Å². The van der Waals surface area contributed by atoms with Crippen LogP contribution < -0.4 is 4.90 Å². The van der Waals surface area contributed by atoms with Gasteiger partial charge in [0.15, 0.2) is 0 Å². The summed E-state index contributed by atoms with van der Waals surface area (Å²) in [5.74, 6) is 0.540.